The lowest BCUT2D eigenvalue weighted by Crippen LogP contribution is -2.47. The summed E-state index contributed by atoms with van der Waals surface area (Å²) in [5, 5.41) is 9.55. The molecule has 1 atom stereocenters. The van der Waals surface area contributed by atoms with Gasteiger partial charge in [-0.1, -0.05) is 0 Å². The third kappa shape index (κ3) is 4.24. The number of rotatable bonds is 4. The number of piperidine rings is 1. The highest BCUT2D eigenvalue weighted by atomic mass is 19.4. The summed E-state index contributed by atoms with van der Waals surface area (Å²) in [4.78, 5) is 22.6. The van der Waals surface area contributed by atoms with E-state index in [2.05, 4.69) is 25.5 Å². The molecule has 138 valence electrons. The Morgan fingerprint density at radius 1 is 1.27 bits per heavy atom. The second-order valence-corrected chi connectivity index (χ2v) is 6.00. The molecule has 10 heteroatoms. The predicted octanol–water partition coefficient (Wildman–Crippen LogP) is 2.20. The average molecular weight is 366 g/mol. The number of nitrogens with one attached hydrogen (secondary N) is 1. The first-order chi connectivity index (χ1) is 12.3. The Hall–Kier alpha value is -2.78. The molecular formula is C16H17F3N6O. The summed E-state index contributed by atoms with van der Waals surface area (Å²) in [6.07, 6.45) is -1.57. The molecule has 1 unspecified atom stereocenters. The minimum atomic E-state index is -4.54. The lowest BCUT2D eigenvalue weighted by molar-refractivity contribution is -0.141. The highest BCUT2D eigenvalue weighted by Crippen LogP contribution is 2.27. The summed E-state index contributed by atoms with van der Waals surface area (Å²) in [5.41, 5.74) is -0.334. The molecule has 0 bridgehead atoms. The highest BCUT2D eigenvalue weighted by molar-refractivity contribution is 5.85. The van der Waals surface area contributed by atoms with Crippen LogP contribution in [0.5, 0.6) is 0 Å². The maximum Gasteiger partial charge on any atom is 0.435 e. The van der Waals surface area contributed by atoms with Crippen LogP contribution in [0.25, 0.3) is 0 Å². The number of carbonyl (C=O) groups is 1. The van der Waals surface area contributed by atoms with E-state index in [-0.39, 0.29) is 11.7 Å². The average Bonchev–Trinajstić information content (AvgIpc) is 2.58. The van der Waals surface area contributed by atoms with Gasteiger partial charge in [0.05, 0.1) is 12.2 Å². The fourth-order valence-corrected chi connectivity index (χ4v) is 2.76. The van der Waals surface area contributed by atoms with Crippen LogP contribution in [0, 0.1) is 6.92 Å². The molecule has 0 spiro atoms. The number of amides is 1. The van der Waals surface area contributed by atoms with Crippen molar-refractivity contribution in [3.05, 3.63) is 41.6 Å². The van der Waals surface area contributed by atoms with Gasteiger partial charge in [-0.15, -0.1) is 10.2 Å². The Bertz CT molecular complexity index is 780. The van der Waals surface area contributed by atoms with Crippen LogP contribution in [-0.4, -0.2) is 43.6 Å². The van der Waals surface area contributed by atoms with Gasteiger partial charge < -0.3 is 10.2 Å². The van der Waals surface area contributed by atoms with E-state index >= 15 is 0 Å². The molecule has 3 rings (SSSR count). The molecule has 1 aliphatic rings. The quantitative estimate of drug-likeness (QED) is 0.893. The van der Waals surface area contributed by atoms with Gasteiger partial charge in [0.1, 0.15) is 17.7 Å². The largest absolute Gasteiger partial charge is 0.435 e. The molecule has 0 aliphatic carbocycles. The summed E-state index contributed by atoms with van der Waals surface area (Å²) in [5.74, 6) is 0.618. The standard InChI is InChI=1S/C16H17F3N6O/c1-10-20-7-6-11(21-10)9-25-8-2-3-12(15(25)26)22-14-5-4-13(23-24-14)16(17,18)19/h4-7,12H,2-3,8-9H2,1H3,(H,22,24). The summed E-state index contributed by atoms with van der Waals surface area (Å²) in [6, 6.07) is 3.20. The second-order valence-electron chi connectivity index (χ2n) is 6.00. The first-order valence-corrected chi connectivity index (χ1v) is 8.08. The third-order valence-electron chi connectivity index (χ3n) is 3.99. The first kappa shape index (κ1) is 18.0. The molecule has 1 N–H and O–H groups in total. The number of alkyl halides is 3. The lowest BCUT2D eigenvalue weighted by atomic mass is 10.0. The fraction of sp³-hybridized carbons (Fsp3) is 0.438. The van der Waals surface area contributed by atoms with Crippen LogP contribution in [0.4, 0.5) is 19.0 Å². The van der Waals surface area contributed by atoms with E-state index in [1.807, 2.05) is 0 Å². The van der Waals surface area contributed by atoms with Crippen molar-refractivity contribution in [2.75, 3.05) is 11.9 Å². The van der Waals surface area contributed by atoms with Crippen molar-refractivity contribution in [3.63, 3.8) is 0 Å². The molecule has 7 nitrogen and oxygen atoms in total. The Kier molecular flexibility index (Phi) is 5.01. The number of nitrogens with zero attached hydrogens (tertiary/aromatic N) is 5. The number of halogens is 3. The summed E-state index contributed by atoms with van der Waals surface area (Å²) < 4.78 is 37.6. The van der Waals surface area contributed by atoms with Gasteiger partial charge in [0.25, 0.3) is 0 Å². The van der Waals surface area contributed by atoms with Gasteiger partial charge in [0, 0.05) is 12.7 Å². The van der Waals surface area contributed by atoms with Gasteiger partial charge in [-0.3, -0.25) is 4.79 Å². The van der Waals surface area contributed by atoms with Gasteiger partial charge in [-0.2, -0.15) is 13.2 Å². The predicted molar refractivity (Wildman–Crippen MR) is 85.9 cm³/mol. The number of carbonyl (C=O) groups excluding carboxylic acids is 1. The number of aryl methyl sites for hydroxylation is 1. The number of hydrogen-bond acceptors (Lipinski definition) is 6. The van der Waals surface area contributed by atoms with Gasteiger partial charge in [-0.05, 0) is 38.0 Å². The van der Waals surface area contributed by atoms with Gasteiger partial charge in [0.15, 0.2) is 5.69 Å². The normalized spacial score (nSPS) is 18.1. The second kappa shape index (κ2) is 7.22. The minimum Gasteiger partial charge on any atom is -0.357 e. The Morgan fingerprint density at radius 3 is 2.73 bits per heavy atom. The SMILES string of the molecule is Cc1nccc(CN2CCCC(Nc3ccc(C(F)(F)F)nn3)C2=O)n1. The molecule has 0 aromatic carbocycles. The van der Waals surface area contributed by atoms with Crippen LogP contribution in [0.2, 0.25) is 0 Å². The molecule has 1 fully saturated rings. The van der Waals surface area contributed by atoms with E-state index in [0.29, 0.717) is 25.3 Å². The van der Waals surface area contributed by atoms with Crippen LogP contribution < -0.4 is 5.32 Å². The zero-order valence-electron chi connectivity index (χ0n) is 14.0. The first-order valence-electron chi connectivity index (χ1n) is 8.08. The number of aromatic nitrogens is 4. The van der Waals surface area contributed by atoms with Crippen molar-refractivity contribution in [1.82, 2.24) is 25.1 Å². The third-order valence-corrected chi connectivity index (χ3v) is 3.99. The Morgan fingerprint density at radius 2 is 2.08 bits per heavy atom. The molecule has 1 amide bonds. The highest BCUT2D eigenvalue weighted by Gasteiger charge is 2.33. The minimum absolute atomic E-state index is 0.135. The topological polar surface area (TPSA) is 83.9 Å². The molecule has 3 heterocycles. The molecule has 2 aromatic rings. The fourth-order valence-electron chi connectivity index (χ4n) is 2.76. The van der Waals surface area contributed by atoms with Crippen LogP contribution in [-0.2, 0) is 17.5 Å². The number of hydrogen-bond donors (Lipinski definition) is 1. The van der Waals surface area contributed by atoms with E-state index in [1.165, 1.54) is 6.07 Å². The Balaban J connectivity index is 1.66. The van der Waals surface area contributed by atoms with Crippen molar-refractivity contribution < 1.29 is 18.0 Å². The number of likely N-dealkylation sites (tertiary alicyclic amines) is 1. The van der Waals surface area contributed by atoms with E-state index in [9.17, 15) is 18.0 Å². The zero-order chi connectivity index (χ0) is 18.7. The van der Waals surface area contributed by atoms with E-state index < -0.39 is 17.9 Å². The maximum atomic E-state index is 12.6. The molecule has 1 aliphatic heterocycles. The van der Waals surface area contributed by atoms with E-state index in [1.54, 1.807) is 24.1 Å². The molecule has 2 aromatic heterocycles. The number of anilines is 1. The van der Waals surface area contributed by atoms with E-state index in [0.717, 1.165) is 18.2 Å². The van der Waals surface area contributed by atoms with Gasteiger partial charge in [0.2, 0.25) is 5.91 Å². The van der Waals surface area contributed by atoms with Crippen molar-refractivity contribution >= 4 is 11.7 Å². The van der Waals surface area contributed by atoms with Gasteiger partial charge >= 0.3 is 6.18 Å². The van der Waals surface area contributed by atoms with Crippen molar-refractivity contribution in [1.29, 1.82) is 0 Å². The molecule has 1 saturated heterocycles. The molecule has 0 radical (unpaired) electrons. The monoisotopic (exact) mass is 366 g/mol. The van der Waals surface area contributed by atoms with Crippen LogP contribution in [0.3, 0.4) is 0 Å². The van der Waals surface area contributed by atoms with Crippen molar-refractivity contribution in [2.45, 2.75) is 38.5 Å². The molecule has 0 saturated carbocycles. The lowest BCUT2D eigenvalue weighted by Gasteiger charge is -2.32. The Labute approximate surface area is 147 Å². The summed E-state index contributed by atoms with van der Waals surface area (Å²) in [7, 11) is 0. The van der Waals surface area contributed by atoms with E-state index in [4.69, 9.17) is 0 Å². The van der Waals surface area contributed by atoms with Crippen molar-refractivity contribution in [3.8, 4) is 0 Å². The zero-order valence-corrected chi connectivity index (χ0v) is 14.0. The molecular weight excluding hydrogens is 349 g/mol. The summed E-state index contributed by atoms with van der Waals surface area (Å²) >= 11 is 0. The maximum absolute atomic E-state index is 12.6. The van der Waals surface area contributed by atoms with Gasteiger partial charge in [-0.25, -0.2) is 9.97 Å². The van der Waals surface area contributed by atoms with Crippen molar-refractivity contribution in [2.24, 2.45) is 0 Å². The van der Waals surface area contributed by atoms with Crippen LogP contribution >= 0.6 is 0 Å². The summed E-state index contributed by atoms with van der Waals surface area (Å²) in [6.45, 7) is 2.73. The van der Waals surface area contributed by atoms with Crippen LogP contribution in [0.1, 0.15) is 30.1 Å². The van der Waals surface area contributed by atoms with Crippen LogP contribution in [0.15, 0.2) is 24.4 Å². The smallest absolute Gasteiger partial charge is 0.357 e. The molecule has 26 heavy (non-hydrogen) atoms.